The molecular weight excluding hydrogens is 390 g/mol. The van der Waals surface area contributed by atoms with Crippen LogP contribution in [0.3, 0.4) is 0 Å². The summed E-state index contributed by atoms with van der Waals surface area (Å²) in [4.78, 5) is 25.0. The molecule has 0 saturated heterocycles. The van der Waals surface area contributed by atoms with E-state index in [9.17, 15) is 13.8 Å². The van der Waals surface area contributed by atoms with Gasteiger partial charge in [-0.05, 0) is 38.1 Å². The lowest BCUT2D eigenvalue weighted by atomic mass is 10.2. The number of carbonyl (C=O) groups excluding carboxylic acids is 2. The molecule has 3 aromatic rings. The van der Waals surface area contributed by atoms with E-state index in [-0.39, 0.29) is 5.56 Å². The third-order valence-electron chi connectivity index (χ3n) is 4.31. The molecule has 0 aliphatic carbocycles. The lowest BCUT2D eigenvalue weighted by Gasteiger charge is -2.09. The maximum Gasteiger partial charge on any atom is 0.339 e. The maximum absolute atomic E-state index is 12.3. The van der Waals surface area contributed by atoms with Crippen LogP contribution in [0.5, 0.6) is 0 Å². The minimum Gasteiger partial charge on any atom is -0.452 e. The summed E-state index contributed by atoms with van der Waals surface area (Å²) < 4.78 is 18.6. The summed E-state index contributed by atoms with van der Waals surface area (Å²) in [5, 5.41) is 7.22. The van der Waals surface area contributed by atoms with Crippen molar-refractivity contribution in [1.82, 2.24) is 9.78 Å². The van der Waals surface area contributed by atoms with Crippen LogP contribution in [0.1, 0.15) is 21.7 Å². The molecule has 1 amide bonds. The molecule has 0 spiro atoms. The number of hydrogen-bond acceptors (Lipinski definition) is 5. The summed E-state index contributed by atoms with van der Waals surface area (Å²) in [5.41, 5.74) is 3.05. The Labute approximate surface area is 171 Å². The van der Waals surface area contributed by atoms with E-state index in [1.807, 2.05) is 37.3 Å². The van der Waals surface area contributed by atoms with Gasteiger partial charge in [-0.25, -0.2) is 9.48 Å². The Bertz CT molecular complexity index is 1080. The number of aromatic nitrogens is 2. The molecule has 3 rings (SSSR count). The summed E-state index contributed by atoms with van der Waals surface area (Å²) in [6, 6.07) is 16.0. The second kappa shape index (κ2) is 8.83. The van der Waals surface area contributed by atoms with Crippen LogP contribution in [0.15, 0.2) is 59.5 Å². The number of nitrogens with one attached hydrogen (secondary N) is 1. The van der Waals surface area contributed by atoms with Crippen molar-refractivity contribution in [2.75, 3.05) is 18.2 Å². The van der Waals surface area contributed by atoms with Crippen LogP contribution in [0.4, 0.5) is 5.69 Å². The average Bonchev–Trinajstić information content (AvgIpc) is 3.00. The number of anilines is 1. The number of nitrogens with zero attached hydrogens (tertiary/aromatic N) is 2. The number of aryl methyl sites for hydroxylation is 1. The molecule has 1 aromatic heterocycles. The zero-order valence-electron chi connectivity index (χ0n) is 16.3. The van der Waals surface area contributed by atoms with Crippen LogP contribution >= 0.6 is 0 Å². The first-order valence-corrected chi connectivity index (χ1v) is 10.5. The molecule has 1 atom stereocenters. The van der Waals surface area contributed by atoms with Gasteiger partial charge < -0.3 is 10.1 Å². The summed E-state index contributed by atoms with van der Waals surface area (Å²) in [7, 11) is -1.34. The first kappa shape index (κ1) is 20.5. The van der Waals surface area contributed by atoms with Crippen molar-refractivity contribution >= 4 is 28.4 Å². The number of hydrogen-bond donors (Lipinski definition) is 1. The number of ether oxygens (including phenoxy) is 1. The molecule has 1 N–H and O–H groups in total. The lowest BCUT2D eigenvalue weighted by Crippen LogP contribution is -2.22. The van der Waals surface area contributed by atoms with Crippen LogP contribution < -0.4 is 5.32 Å². The number of amides is 1. The molecule has 0 aliphatic heterocycles. The predicted molar refractivity (Wildman–Crippen MR) is 111 cm³/mol. The molecule has 2 aromatic carbocycles. The van der Waals surface area contributed by atoms with Gasteiger partial charge in [0, 0.05) is 6.26 Å². The first-order valence-electron chi connectivity index (χ1n) is 8.89. The molecule has 0 fully saturated rings. The third kappa shape index (κ3) is 4.60. The van der Waals surface area contributed by atoms with Gasteiger partial charge in [0.2, 0.25) is 0 Å². The van der Waals surface area contributed by atoms with Gasteiger partial charge in [-0.3, -0.25) is 9.00 Å². The maximum atomic E-state index is 12.3. The molecule has 7 nitrogen and oxygen atoms in total. The van der Waals surface area contributed by atoms with E-state index in [2.05, 4.69) is 10.4 Å². The predicted octanol–water partition coefficient (Wildman–Crippen LogP) is 3.02. The number of carbonyl (C=O) groups is 2. The van der Waals surface area contributed by atoms with E-state index >= 15 is 0 Å². The Balaban J connectivity index is 1.69. The van der Waals surface area contributed by atoms with Crippen LogP contribution in [0.25, 0.3) is 5.69 Å². The second-order valence-electron chi connectivity index (χ2n) is 6.37. The summed E-state index contributed by atoms with van der Waals surface area (Å²) in [6.45, 7) is 3.18. The van der Waals surface area contributed by atoms with Crippen LogP contribution in [0.2, 0.25) is 0 Å². The van der Waals surface area contributed by atoms with E-state index in [1.165, 1.54) is 12.3 Å². The monoisotopic (exact) mass is 411 g/mol. The Morgan fingerprint density at radius 3 is 2.41 bits per heavy atom. The molecule has 8 heteroatoms. The zero-order chi connectivity index (χ0) is 21.0. The standard InChI is InChI=1S/C21H21N3O4S/c1-14-20(15(2)24(23-14)16-9-5-4-6-10-16)22-19(25)13-28-21(26)17-11-7-8-12-18(17)29(3)27/h4-12H,13H2,1-3H3,(H,22,25)/t29-/m1/s1. The highest BCUT2D eigenvalue weighted by atomic mass is 32.2. The SMILES string of the molecule is Cc1nn(-c2ccccc2)c(C)c1NC(=O)COC(=O)c1ccccc1[S@@](C)=O. The van der Waals surface area contributed by atoms with Crippen LogP contribution in [0, 0.1) is 13.8 Å². The smallest absolute Gasteiger partial charge is 0.339 e. The molecular formula is C21H21N3O4S. The zero-order valence-corrected chi connectivity index (χ0v) is 17.2. The van der Waals surface area contributed by atoms with Crippen LogP contribution in [-0.4, -0.2) is 38.7 Å². The minimum absolute atomic E-state index is 0.186. The van der Waals surface area contributed by atoms with Crippen molar-refractivity contribution in [3.05, 3.63) is 71.5 Å². The Morgan fingerprint density at radius 1 is 1.07 bits per heavy atom. The quantitative estimate of drug-likeness (QED) is 0.630. The van der Waals surface area contributed by atoms with E-state index in [0.29, 0.717) is 16.3 Å². The van der Waals surface area contributed by atoms with Gasteiger partial charge in [0.05, 0.1) is 44.0 Å². The van der Waals surface area contributed by atoms with Crippen molar-refractivity contribution in [2.24, 2.45) is 0 Å². The molecule has 1 heterocycles. The minimum atomic E-state index is -1.34. The van der Waals surface area contributed by atoms with Crippen LogP contribution in [-0.2, 0) is 20.3 Å². The van der Waals surface area contributed by atoms with Gasteiger partial charge in [0.1, 0.15) is 0 Å². The third-order valence-corrected chi connectivity index (χ3v) is 5.28. The highest BCUT2D eigenvalue weighted by Gasteiger charge is 2.18. The summed E-state index contributed by atoms with van der Waals surface area (Å²) >= 11 is 0. The van der Waals surface area contributed by atoms with Crippen molar-refractivity contribution in [1.29, 1.82) is 0 Å². The fourth-order valence-corrected chi connectivity index (χ4v) is 3.65. The normalized spacial score (nSPS) is 11.7. The van der Waals surface area contributed by atoms with E-state index in [4.69, 9.17) is 4.74 Å². The van der Waals surface area contributed by atoms with Gasteiger partial charge in [0.25, 0.3) is 5.91 Å². The van der Waals surface area contributed by atoms with Crippen molar-refractivity contribution in [3.8, 4) is 5.69 Å². The van der Waals surface area contributed by atoms with E-state index in [1.54, 1.807) is 29.8 Å². The largest absolute Gasteiger partial charge is 0.452 e. The highest BCUT2D eigenvalue weighted by Crippen LogP contribution is 2.22. The Kier molecular flexibility index (Phi) is 6.23. The van der Waals surface area contributed by atoms with E-state index in [0.717, 1.165) is 11.4 Å². The molecule has 0 radical (unpaired) electrons. The van der Waals surface area contributed by atoms with E-state index < -0.39 is 29.3 Å². The van der Waals surface area contributed by atoms with Crippen molar-refractivity contribution < 1.29 is 18.5 Å². The Hall–Kier alpha value is -3.26. The van der Waals surface area contributed by atoms with Gasteiger partial charge in [-0.15, -0.1) is 0 Å². The molecule has 150 valence electrons. The van der Waals surface area contributed by atoms with Crippen molar-refractivity contribution in [2.45, 2.75) is 18.7 Å². The Morgan fingerprint density at radius 2 is 1.72 bits per heavy atom. The summed E-state index contributed by atoms with van der Waals surface area (Å²) in [6.07, 6.45) is 1.48. The number of rotatable bonds is 6. The molecule has 0 bridgehead atoms. The average molecular weight is 411 g/mol. The topological polar surface area (TPSA) is 90.3 Å². The number of para-hydroxylation sites is 1. The highest BCUT2D eigenvalue weighted by molar-refractivity contribution is 7.84. The van der Waals surface area contributed by atoms with Gasteiger partial charge in [-0.1, -0.05) is 30.3 Å². The number of benzene rings is 2. The fourth-order valence-electron chi connectivity index (χ4n) is 2.91. The number of esters is 1. The second-order valence-corrected chi connectivity index (χ2v) is 7.72. The van der Waals surface area contributed by atoms with Gasteiger partial charge in [-0.2, -0.15) is 5.10 Å². The van der Waals surface area contributed by atoms with Crippen molar-refractivity contribution in [3.63, 3.8) is 0 Å². The van der Waals surface area contributed by atoms with Gasteiger partial charge >= 0.3 is 5.97 Å². The molecule has 0 saturated carbocycles. The summed E-state index contributed by atoms with van der Waals surface area (Å²) in [5.74, 6) is -1.17. The first-order chi connectivity index (χ1) is 13.9. The molecule has 0 aliphatic rings. The molecule has 29 heavy (non-hydrogen) atoms. The fraction of sp³-hybridized carbons (Fsp3) is 0.190. The lowest BCUT2D eigenvalue weighted by molar-refractivity contribution is -0.119. The molecule has 0 unspecified atom stereocenters. The van der Waals surface area contributed by atoms with Gasteiger partial charge in [0.15, 0.2) is 6.61 Å².